The first-order chi connectivity index (χ1) is 7.66. The molecular weight excluding hydrogens is 208 g/mol. The van der Waals surface area contributed by atoms with E-state index in [0.29, 0.717) is 13.0 Å². The largest absolute Gasteiger partial charge is 0.481 e. The first kappa shape index (κ1) is 11.4. The second-order valence-corrected chi connectivity index (χ2v) is 4.71. The molecule has 0 aliphatic carbocycles. The first-order valence-electron chi connectivity index (χ1n) is 5.89. The zero-order valence-electron chi connectivity index (χ0n) is 9.32. The van der Waals surface area contributed by atoms with Crippen molar-refractivity contribution in [2.75, 3.05) is 19.6 Å². The Hall–Kier alpha value is -1.10. The van der Waals surface area contributed by atoms with E-state index in [2.05, 4.69) is 5.32 Å². The number of carboxylic acid groups (broad SMARTS) is 1. The molecule has 1 amide bonds. The maximum absolute atomic E-state index is 11.8. The van der Waals surface area contributed by atoms with Gasteiger partial charge in [0.05, 0.1) is 6.42 Å². The molecule has 0 aromatic rings. The number of nitrogens with one attached hydrogen (secondary N) is 1. The standard InChI is InChI=1S/C11H18N2O3/c14-10-4-8(5-11(15)16)7-13(10)9-2-1-3-12-6-9/h8-9,12H,1-7H2,(H,15,16). The van der Waals surface area contributed by atoms with Crippen LogP contribution in [0, 0.1) is 5.92 Å². The Labute approximate surface area is 94.8 Å². The van der Waals surface area contributed by atoms with Gasteiger partial charge in [0.2, 0.25) is 5.91 Å². The Morgan fingerprint density at radius 1 is 1.56 bits per heavy atom. The van der Waals surface area contributed by atoms with Crippen molar-refractivity contribution in [2.24, 2.45) is 5.92 Å². The van der Waals surface area contributed by atoms with Gasteiger partial charge >= 0.3 is 5.97 Å². The highest BCUT2D eigenvalue weighted by Gasteiger charge is 2.35. The molecule has 2 aliphatic heterocycles. The molecule has 0 saturated carbocycles. The van der Waals surface area contributed by atoms with Crippen molar-refractivity contribution in [1.82, 2.24) is 10.2 Å². The molecule has 2 aliphatic rings. The van der Waals surface area contributed by atoms with Gasteiger partial charge in [-0.25, -0.2) is 0 Å². The van der Waals surface area contributed by atoms with E-state index in [4.69, 9.17) is 5.11 Å². The minimum absolute atomic E-state index is 0.00641. The number of nitrogens with zero attached hydrogens (tertiary/aromatic N) is 1. The van der Waals surface area contributed by atoms with Gasteiger partial charge in [-0.3, -0.25) is 9.59 Å². The van der Waals surface area contributed by atoms with Crippen molar-refractivity contribution in [3.05, 3.63) is 0 Å². The topological polar surface area (TPSA) is 69.6 Å². The van der Waals surface area contributed by atoms with E-state index in [9.17, 15) is 9.59 Å². The van der Waals surface area contributed by atoms with Crippen LogP contribution in [0.5, 0.6) is 0 Å². The average molecular weight is 226 g/mol. The maximum atomic E-state index is 11.8. The molecule has 2 atom stereocenters. The van der Waals surface area contributed by atoms with Gasteiger partial charge in [-0.15, -0.1) is 0 Å². The summed E-state index contributed by atoms with van der Waals surface area (Å²) in [6.07, 6.45) is 2.65. The predicted molar refractivity (Wildman–Crippen MR) is 58.0 cm³/mol. The number of piperidine rings is 1. The third-order valence-electron chi connectivity index (χ3n) is 3.41. The minimum atomic E-state index is -0.804. The van der Waals surface area contributed by atoms with E-state index >= 15 is 0 Å². The Kier molecular flexibility index (Phi) is 3.43. The Morgan fingerprint density at radius 3 is 3.00 bits per heavy atom. The fourth-order valence-electron chi connectivity index (χ4n) is 2.64. The predicted octanol–water partition coefficient (Wildman–Crippen LogP) is 0.0616. The molecular formula is C11H18N2O3. The molecule has 2 rings (SSSR count). The molecule has 0 spiro atoms. The monoisotopic (exact) mass is 226 g/mol. The second-order valence-electron chi connectivity index (χ2n) is 4.71. The number of likely N-dealkylation sites (tertiary alicyclic amines) is 1. The zero-order chi connectivity index (χ0) is 11.5. The van der Waals surface area contributed by atoms with E-state index in [1.807, 2.05) is 4.90 Å². The van der Waals surface area contributed by atoms with Gasteiger partial charge in [0.25, 0.3) is 0 Å². The van der Waals surface area contributed by atoms with Crippen LogP contribution in [0.1, 0.15) is 25.7 Å². The summed E-state index contributed by atoms with van der Waals surface area (Å²) in [4.78, 5) is 24.2. The van der Waals surface area contributed by atoms with Gasteiger partial charge in [0.15, 0.2) is 0 Å². The fraction of sp³-hybridized carbons (Fsp3) is 0.818. The third-order valence-corrected chi connectivity index (χ3v) is 3.41. The lowest BCUT2D eigenvalue weighted by Crippen LogP contribution is -2.46. The summed E-state index contributed by atoms with van der Waals surface area (Å²) < 4.78 is 0. The molecule has 2 heterocycles. The molecule has 0 aromatic heterocycles. The van der Waals surface area contributed by atoms with E-state index in [1.54, 1.807) is 0 Å². The van der Waals surface area contributed by atoms with E-state index < -0.39 is 5.97 Å². The second kappa shape index (κ2) is 4.82. The first-order valence-corrected chi connectivity index (χ1v) is 5.89. The molecule has 2 unspecified atom stereocenters. The van der Waals surface area contributed by atoms with Crippen molar-refractivity contribution >= 4 is 11.9 Å². The number of carbonyl (C=O) groups excluding carboxylic acids is 1. The lowest BCUT2D eigenvalue weighted by molar-refractivity contribution is -0.138. The Bertz CT molecular complexity index is 287. The van der Waals surface area contributed by atoms with Crippen molar-refractivity contribution in [3.8, 4) is 0 Å². The van der Waals surface area contributed by atoms with E-state index in [-0.39, 0.29) is 24.3 Å². The molecule has 5 heteroatoms. The van der Waals surface area contributed by atoms with Crippen LogP contribution in [0.25, 0.3) is 0 Å². The molecule has 2 saturated heterocycles. The number of rotatable bonds is 3. The van der Waals surface area contributed by atoms with E-state index in [1.165, 1.54) is 0 Å². The smallest absolute Gasteiger partial charge is 0.303 e. The lowest BCUT2D eigenvalue weighted by Gasteiger charge is -2.31. The number of carbonyl (C=O) groups is 2. The van der Waals surface area contributed by atoms with Crippen LogP contribution in [-0.4, -0.2) is 47.6 Å². The third kappa shape index (κ3) is 2.52. The summed E-state index contributed by atoms with van der Waals surface area (Å²) in [5.41, 5.74) is 0. The summed E-state index contributed by atoms with van der Waals surface area (Å²) in [5.74, 6) is -0.673. The van der Waals surface area contributed by atoms with Crippen LogP contribution in [0.2, 0.25) is 0 Å². The van der Waals surface area contributed by atoms with Crippen molar-refractivity contribution in [1.29, 1.82) is 0 Å². The summed E-state index contributed by atoms with van der Waals surface area (Å²) in [5, 5.41) is 12.0. The van der Waals surface area contributed by atoms with Gasteiger partial charge in [-0.2, -0.15) is 0 Å². The van der Waals surface area contributed by atoms with Crippen LogP contribution < -0.4 is 5.32 Å². The summed E-state index contributed by atoms with van der Waals surface area (Å²) in [7, 11) is 0. The number of carboxylic acids is 1. The molecule has 2 N–H and O–H groups in total. The van der Waals surface area contributed by atoms with Gasteiger partial charge in [0, 0.05) is 25.6 Å². The van der Waals surface area contributed by atoms with Gasteiger partial charge < -0.3 is 15.3 Å². The SMILES string of the molecule is O=C(O)CC1CC(=O)N(C2CCCNC2)C1. The molecule has 16 heavy (non-hydrogen) atoms. The summed E-state index contributed by atoms with van der Waals surface area (Å²) >= 11 is 0. The highest BCUT2D eigenvalue weighted by molar-refractivity contribution is 5.80. The quantitative estimate of drug-likeness (QED) is 0.714. The van der Waals surface area contributed by atoms with Gasteiger partial charge in [-0.1, -0.05) is 0 Å². The summed E-state index contributed by atoms with van der Waals surface area (Å²) in [6, 6.07) is 0.278. The molecule has 0 aromatic carbocycles. The summed E-state index contributed by atoms with van der Waals surface area (Å²) in [6.45, 7) is 2.50. The average Bonchev–Trinajstić information content (AvgIpc) is 2.60. The Balaban J connectivity index is 1.90. The number of amides is 1. The van der Waals surface area contributed by atoms with Gasteiger partial charge in [0.1, 0.15) is 0 Å². The zero-order valence-corrected chi connectivity index (χ0v) is 9.32. The Morgan fingerprint density at radius 2 is 2.38 bits per heavy atom. The molecule has 0 radical (unpaired) electrons. The van der Waals surface area contributed by atoms with Crippen molar-refractivity contribution in [3.63, 3.8) is 0 Å². The highest BCUT2D eigenvalue weighted by atomic mass is 16.4. The van der Waals surface area contributed by atoms with Gasteiger partial charge in [-0.05, 0) is 25.3 Å². The number of hydrogen-bond donors (Lipinski definition) is 2. The maximum Gasteiger partial charge on any atom is 0.303 e. The molecule has 0 bridgehead atoms. The van der Waals surface area contributed by atoms with Crippen LogP contribution in [-0.2, 0) is 9.59 Å². The van der Waals surface area contributed by atoms with Crippen LogP contribution in [0.15, 0.2) is 0 Å². The number of hydrogen-bond acceptors (Lipinski definition) is 3. The van der Waals surface area contributed by atoms with Crippen LogP contribution in [0.3, 0.4) is 0 Å². The van der Waals surface area contributed by atoms with Crippen molar-refractivity contribution in [2.45, 2.75) is 31.7 Å². The minimum Gasteiger partial charge on any atom is -0.481 e. The number of aliphatic carboxylic acids is 1. The highest BCUT2D eigenvalue weighted by Crippen LogP contribution is 2.25. The van der Waals surface area contributed by atoms with Crippen LogP contribution >= 0.6 is 0 Å². The fourth-order valence-corrected chi connectivity index (χ4v) is 2.64. The molecule has 2 fully saturated rings. The van der Waals surface area contributed by atoms with Crippen LogP contribution in [0.4, 0.5) is 0 Å². The normalized spacial score (nSPS) is 30.8. The molecule has 90 valence electrons. The molecule has 5 nitrogen and oxygen atoms in total. The van der Waals surface area contributed by atoms with E-state index in [0.717, 1.165) is 25.9 Å². The lowest BCUT2D eigenvalue weighted by atomic mass is 10.0. The van der Waals surface area contributed by atoms with Crippen molar-refractivity contribution < 1.29 is 14.7 Å².